The molecule has 0 unspecified atom stereocenters. The van der Waals surface area contributed by atoms with Crippen molar-refractivity contribution in [1.29, 1.82) is 0 Å². The highest BCUT2D eigenvalue weighted by molar-refractivity contribution is 7.92. The van der Waals surface area contributed by atoms with Crippen LogP contribution in [0.25, 0.3) is 0 Å². The molecule has 2 aromatic rings. The van der Waals surface area contributed by atoms with Gasteiger partial charge >= 0.3 is 0 Å². The summed E-state index contributed by atoms with van der Waals surface area (Å²) in [6.07, 6.45) is 1.63. The molecule has 8 heteroatoms. The third-order valence-electron chi connectivity index (χ3n) is 2.62. The summed E-state index contributed by atoms with van der Waals surface area (Å²) in [5.41, 5.74) is 6.70. The molecule has 0 aliphatic heterocycles. The van der Waals surface area contributed by atoms with Gasteiger partial charge in [-0.2, -0.15) is 5.10 Å². The Hall–Kier alpha value is -1.73. The molecule has 1 aromatic heterocycles. The highest BCUT2D eigenvalue weighted by Gasteiger charge is 2.18. The molecule has 0 radical (unpaired) electrons. The minimum Gasteiger partial charge on any atom is -0.398 e. The topological polar surface area (TPSA) is 90.0 Å². The summed E-state index contributed by atoms with van der Waals surface area (Å²) in [4.78, 5) is 0.00579. The molecular formula is C11H13ClN4O2S. The monoisotopic (exact) mass is 300 g/mol. The maximum Gasteiger partial charge on any atom is 0.263 e. The van der Waals surface area contributed by atoms with E-state index in [1.54, 1.807) is 26.2 Å². The average Bonchev–Trinajstić information content (AvgIpc) is 2.70. The van der Waals surface area contributed by atoms with Crippen molar-refractivity contribution in [3.63, 3.8) is 0 Å². The Balaban J connectivity index is 2.40. The van der Waals surface area contributed by atoms with Crippen LogP contribution in [0.15, 0.2) is 29.3 Å². The fourth-order valence-electron chi connectivity index (χ4n) is 1.50. The Bertz CT molecular complexity index is 701. The molecular weight excluding hydrogens is 288 g/mol. The van der Waals surface area contributed by atoms with Gasteiger partial charge in [-0.3, -0.25) is 9.40 Å². The number of nitrogens with one attached hydrogen (secondary N) is 1. The first-order valence-corrected chi connectivity index (χ1v) is 7.24. The van der Waals surface area contributed by atoms with E-state index in [4.69, 9.17) is 17.3 Å². The Labute approximate surface area is 116 Å². The van der Waals surface area contributed by atoms with Crippen LogP contribution in [0, 0.1) is 6.92 Å². The van der Waals surface area contributed by atoms with Gasteiger partial charge in [0.1, 0.15) is 0 Å². The van der Waals surface area contributed by atoms with Crippen LogP contribution in [0.5, 0.6) is 0 Å². The second-order valence-corrected chi connectivity index (χ2v) is 6.19. The number of nitrogens with two attached hydrogens (primary N) is 1. The maximum absolute atomic E-state index is 12.2. The van der Waals surface area contributed by atoms with Gasteiger partial charge in [-0.25, -0.2) is 8.42 Å². The molecule has 0 aliphatic carbocycles. The number of hydrogen-bond acceptors (Lipinski definition) is 4. The van der Waals surface area contributed by atoms with E-state index >= 15 is 0 Å². The number of aryl methyl sites for hydroxylation is 1. The van der Waals surface area contributed by atoms with Crippen LogP contribution in [-0.4, -0.2) is 18.2 Å². The van der Waals surface area contributed by atoms with Gasteiger partial charge in [-0.15, -0.1) is 0 Å². The lowest BCUT2D eigenvalue weighted by Gasteiger charge is -2.09. The molecule has 19 heavy (non-hydrogen) atoms. The van der Waals surface area contributed by atoms with Crippen molar-refractivity contribution in [2.45, 2.75) is 11.8 Å². The normalized spacial score (nSPS) is 11.5. The summed E-state index contributed by atoms with van der Waals surface area (Å²) in [5, 5.41) is 4.25. The van der Waals surface area contributed by atoms with Gasteiger partial charge in [-0.1, -0.05) is 11.6 Å². The third-order valence-corrected chi connectivity index (χ3v) is 4.35. The van der Waals surface area contributed by atoms with E-state index in [0.29, 0.717) is 16.3 Å². The van der Waals surface area contributed by atoms with Crippen molar-refractivity contribution in [1.82, 2.24) is 9.78 Å². The standard InChI is InChI=1S/C11H13ClN4O2S/c1-7-9(12)5-8(6-10(7)13)19(17,18)15-11-3-4-16(2)14-11/h3-6H,13H2,1-2H3,(H,14,15). The molecule has 102 valence electrons. The molecule has 0 spiro atoms. The van der Waals surface area contributed by atoms with Crippen molar-refractivity contribution in [2.75, 3.05) is 10.5 Å². The summed E-state index contributed by atoms with van der Waals surface area (Å²) in [6, 6.07) is 4.28. The summed E-state index contributed by atoms with van der Waals surface area (Å²) >= 11 is 5.94. The highest BCUT2D eigenvalue weighted by atomic mass is 35.5. The molecule has 6 nitrogen and oxygen atoms in total. The Morgan fingerprint density at radius 1 is 1.42 bits per heavy atom. The smallest absolute Gasteiger partial charge is 0.263 e. The number of nitrogen functional groups attached to an aromatic ring is 1. The number of nitrogens with zero attached hydrogens (tertiary/aromatic N) is 2. The van der Waals surface area contributed by atoms with E-state index in [2.05, 4.69) is 9.82 Å². The quantitative estimate of drug-likeness (QED) is 0.845. The van der Waals surface area contributed by atoms with E-state index in [1.165, 1.54) is 16.8 Å². The summed E-state index contributed by atoms with van der Waals surface area (Å²) in [6.45, 7) is 1.72. The van der Waals surface area contributed by atoms with Crippen LogP contribution in [0.1, 0.15) is 5.56 Å². The third kappa shape index (κ3) is 2.82. The van der Waals surface area contributed by atoms with Crippen molar-refractivity contribution in [3.8, 4) is 0 Å². The zero-order chi connectivity index (χ0) is 14.2. The average molecular weight is 301 g/mol. The molecule has 3 N–H and O–H groups in total. The maximum atomic E-state index is 12.2. The zero-order valence-electron chi connectivity index (χ0n) is 10.4. The first-order valence-electron chi connectivity index (χ1n) is 5.37. The van der Waals surface area contributed by atoms with E-state index < -0.39 is 10.0 Å². The highest BCUT2D eigenvalue weighted by Crippen LogP contribution is 2.26. The van der Waals surface area contributed by atoms with Gasteiger partial charge in [0.15, 0.2) is 5.82 Å². The molecule has 0 saturated carbocycles. The van der Waals surface area contributed by atoms with Crippen LogP contribution < -0.4 is 10.5 Å². The Morgan fingerprint density at radius 3 is 2.63 bits per heavy atom. The van der Waals surface area contributed by atoms with Gasteiger partial charge in [0, 0.05) is 30.0 Å². The van der Waals surface area contributed by atoms with E-state index in [9.17, 15) is 8.42 Å². The van der Waals surface area contributed by atoms with Crippen LogP contribution in [-0.2, 0) is 17.1 Å². The van der Waals surface area contributed by atoms with Crippen LogP contribution in [0.2, 0.25) is 5.02 Å². The van der Waals surface area contributed by atoms with E-state index in [0.717, 1.165) is 0 Å². The van der Waals surface area contributed by atoms with Gasteiger partial charge in [0.05, 0.1) is 4.90 Å². The number of aromatic nitrogens is 2. The molecule has 2 rings (SSSR count). The molecule has 0 aliphatic rings. The fraction of sp³-hybridized carbons (Fsp3) is 0.182. The largest absolute Gasteiger partial charge is 0.398 e. The number of anilines is 2. The minimum atomic E-state index is -3.75. The molecule has 0 bridgehead atoms. The molecule has 0 atom stereocenters. The molecule has 1 aromatic carbocycles. The van der Waals surface area contributed by atoms with Gasteiger partial charge < -0.3 is 5.73 Å². The van der Waals surface area contributed by atoms with Gasteiger partial charge in [0.25, 0.3) is 10.0 Å². The number of benzene rings is 1. The predicted octanol–water partition coefficient (Wildman–Crippen LogP) is 1.76. The van der Waals surface area contributed by atoms with Crippen molar-refractivity contribution < 1.29 is 8.42 Å². The van der Waals surface area contributed by atoms with Crippen LogP contribution in [0.3, 0.4) is 0 Å². The van der Waals surface area contributed by atoms with Crippen molar-refractivity contribution in [2.24, 2.45) is 7.05 Å². The zero-order valence-corrected chi connectivity index (χ0v) is 12.0. The molecule has 0 amide bonds. The lowest BCUT2D eigenvalue weighted by molar-refractivity contribution is 0.601. The first kappa shape index (κ1) is 13.7. The van der Waals surface area contributed by atoms with E-state index in [1.807, 2.05) is 0 Å². The van der Waals surface area contributed by atoms with Crippen molar-refractivity contribution >= 4 is 33.1 Å². The van der Waals surface area contributed by atoms with Crippen LogP contribution in [0.4, 0.5) is 11.5 Å². The predicted molar refractivity (Wildman–Crippen MR) is 74.6 cm³/mol. The lowest BCUT2D eigenvalue weighted by Crippen LogP contribution is -2.14. The minimum absolute atomic E-state index is 0.00579. The lowest BCUT2D eigenvalue weighted by atomic mass is 10.2. The van der Waals surface area contributed by atoms with Crippen LogP contribution >= 0.6 is 11.6 Å². The molecule has 0 saturated heterocycles. The summed E-state index contributed by atoms with van der Waals surface area (Å²) in [5.74, 6) is 0.234. The first-order chi connectivity index (χ1) is 8.79. The number of hydrogen-bond donors (Lipinski definition) is 2. The Morgan fingerprint density at radius 2 is 2.11 bits per heavy atom. The number of sulfonamides is 1. The fourth-order valence-corrected chi connectivity index (χ4v) is 2.84. The number of halogens is 1. The molecule has 1 heterocycles. The Kier molecular flexibility index (Phi) is 3.42. The van der Waals surface area contributed by atoms with Gasteiger partial charge in [-0.05, 0) is 24.6 Å². The molecule has 0 fully saturated rings. The van der Waals surface area contributed by atoms with E-state index in [-0.39, 0.29) is 10.7 Å². The van der Waals surface area contributed by atoms with Gasteiger partial charge in [0.2, 0.25) is 0 Å². The van der Waals surface area contributed by atoms with Crippen molar-refractivity contribution in [3.05, 3.63) is 35.0 Å². The second-order valence-electron chi connectivity index (χ2n) is 4.10. The SMILES string of the molecule is Cc1c(N)cc(S(=O)(=O)Nc2ccn(C)n2)cc1Cl. The summed E-state index contributed by atoms with van der Waals surface area (Å²) < 4.78 is 28.2. The summed E-state index contributed by atoms with van der Waals surface area (Å²) in [7, 11) is -2.06. The number of rotatable bonds is 3. The second kappa shape index (κ2) is 4.75.